The lowest BCUT2D eigenvalue weighted by Crippen LogP contribution is -2.64. The predicted molar refractivity (Wildman–Crippen MR) is 104 cm³/mol. The molecule has 2 saturated heterocycles. The maximum absolute atomic E-state index is 13.2. The summed E-state index contributed by atoms with van der Waals surface area (Å²) in [6, 6.07) is 0.560. The SMILES string of the molecule is Cl.O=C(CN1CCNCC12CCCCC2)N1CCCC2CCCCC21. The van der Waals surface area contributed by atoms with E-state index in [0.717, 1.165) is 32.1 Å². The summed E-state index contributed by atoms with van der Waals surface area (Å²) in [5, 5.41) is 3.61. The average molecular weight is 370 g/mol. The summed E-state index contributed by atoms with van der Waals surface area (Å²) in [6.07, 6.45) is 14.5. The van der Waals surface area contributed by atoms with Gasteiger partial charge in [0.25, 0.3) is 0 Å². The molecule has 2 unspecified atom stereocenters. The van der Waals surface area contributed by atoms with Crippen LogP contribution in [0.1, 0.15) is 70.6 Å². The molecule has 0 aromatic rings. The molecular weight excluding hydrogens is 334 g/mol. The summed E-state index contributed by atoms with van der Waals surface area (Å²) in [5.74, 6) is 1.22. The van der Waals surface area contributed by atoms with Crippen LogP contribution in [0.15, 0.2) is 0 Å². The molecule has 2 heterocycles. The number of fused-ring (bicyclic) bond motifs is 1. The first-order chi connectivity index (χ1) is 11.8. The van der Waals surface area contributed by atoms with Crippen LogP contribution in [0.25, 0.3) is 0 Å². The number of nitrogens with zero attached hydrogens (tertiary/aromatic N) is 2. The molecule has 25 heavy (non-hydrogen) atoms. The molecule has 4 aliphatic rings. The van der Waals surface area contributed by atoms with E-state index in [1.807, 2.05) is 0 Å². The van der Waals surface area contributed by atoms with Crippen molar-refractivity contribution in [3.63, 3.8) is 0 Å². The number of piperidine rings is 1. The number of hydrogen-bond donors (Lipinski definition) is 1. The van der Waals surface area contributed by atoms with Gasteiger partial charge in [0.1, 0.15) is 0 Å². The maximum Gasteiger partial charge on any atom is 0.237 e. The van der Waals surface area contributed by atoms with Crippen molar-refractivity contribution in [1.29, 1.82) is 0 Å². The number of rotatable bonds is 2. The molecule has 4 nitrogen and oxygen atoms in total. The molecule has 1 spiro atoms. The number of carbonyl (C=O) groups is 1. The quantitative estimate of drug-likeness (QED) is 0.811. The van der Waals surface area contributed by atoms with Crippen molar-refractivity contribution in [2.75, 3.05) is 32.7 Å². The van der Waals surface area contributed by atoms with E-state index in [1.165, 1.54) is 70.6 Å². The van der Waals surface area contributed by atoms with E-state index < -0.39 is 0 Å². The molecule has 0 aromatic heterocycles. The van der Waals surface area contributed by atoms with Gasteiger partial charge >= 0.3 is 0 Å². The monoisotopic (exact) mass is 369 g/mol. The van der Waals surface area contributed by atoms with Gasteiger partial charge in [-0.05, 0) is 44.4 Å². The van der Waals surface area contributed by atoms with E-state index in [4.69, 9.17) is 0 Å². The van der Waals surface area contributed by atoms with Crippen LogP contribution in [0.2, 0.25) is 0 Å². The second kappa shape index (κ2) is 8.58. The van der Waals surface area contributed by atoms with Crippen molar-refractivity contribution >= 4 is 18.3 Å². The highest BCUT2D eigenvalue weighted by Crippen LogP contribution is 2.37. The van der Waals surface area contributed by atoms with E-state index in [9.17, 15) is 4.79 Å². The predicted octanol–water partition coefficient (Wildman–Crippen LogP) is 3.20. The van der Waals surface area contributed by atoms with Gasteiger partial charge in [0.2, 0.25) is 5.91 Å². The van der Waals surface area contributed by atoms with E-state index in [2.05, 4.69) is 15.1 Å². The smallest absolute Gasteiger partial charge is 0.237 e. The zero-order chi connectivity index (χ0) is 16.4. The Bertz CT molecular complexity index is 442. The minimum absolute atomic E-state index is 0. The fourth-order valence-electron chi connectivity index (χ4n) is 6.02. The zero-order valence-electron chi connectivity index (χ0n) is 15.7. The summed E-state index contributed by atoms with van der Waals surface area (Å²) in [5.41, 5.74) is 0.272. The number of likely N-dealkylation sites (tertiary alicyclic amines) is 1. The van der Waals surface area contributed by atoms with Gasteiger partial charge in [0.05, 0.1) is 6.54 Å². The second-order valence-electron chi connectivity index (χ2n) is 8.72. The Kier molecular flexibility index (Phi) is 6.67. The Morgan fingerprint density at radius 1 is 0.960 bits per heavy atom. The minimum Gasteiger partial charge on any atom is -0.338 e. The van der Waals surface area contributed by atoms with Gasteiger partial charge in [0.15, 0.2) is 0 Å². The Morgan fingerprint density at radius 3 is 2.56 bits per heavy atom. The number of hydrogen-bond acceptors (Lipinski definition) is 3. The molecule has 2 saturated carbocycles. The Labute approximate surface area is 159 Å². The largest absolute Gasteiger partial charge is 0.338 e. The average Bonchev–Trinajstić information content (AvgIpc) is 2.64. The van der Waals surface area contributed by atoms with Gasteiger partial charge in [0, 0.05) is 37.8 Å². The van der Waals surface area contributed by atoms with Gasteiger partial charge in [-0.1, -0.05) is 32.1 Å². The topological polar surface area (TPSA) is 35.6 Å². The van der Waals surface area contributed by atoms with Crippen LogP contribution in [0.4, 0.5) is 0 Å². The van der Waals surface area contributed by atoms with Gasteiger partial charge < -0.3 is 10.2 Å². The fourth-order valence-corrected chi connectivity index (χ4v) is 6.02. The molecule has 144 valence electrons. The standard InChI is InChI=1S/C20H35N3O.ClH/c24-19(23-13-6-8-17-7-2-3-9-18(17)23)15-22-14-12-21-16-20(22)10-4-1-5-11-20;/h17-18,21H,1-16H2;1H. The molecule has 1 amide bonds. The Balaban J connectivity index is 0.00000182. The molecular formula is C20H36ClN3O. The lowest BCUT2D eigenvalue weighted by Gasteiger charge is -2.51. The lowest BCUT2D eigenvalue weighted by atomic mass is 9.78. The molecule has 0 bridgehead atoms. The normalized spacial score (nSPS) is 32.7. The molecule has 4 fully saturated rings. The van der Waals surface area contributed by atoms with Crippen LogP contribution in [0.5, 0.6) is 0 Å². The first kappa shape index (κ1) is 19.4. The Hall–Kier alpha value is -0.320. The van der Waals surface area contributed by atoms with Crippen LogP contribution < -0.4 is 5.32 Å². The number of nitrogens with one attached hydrogen (secondary N) is 1. The third-order valence-electron chi connectivity index (χ3n) is 7.36. The molecule has 5 heteroatoms. The molecule has 2 aliphatic heterocycles. The number of amides is 1. The van der Waals surface area contributed by atoms with Crippen molar-refractivity contribution < 1.29 is 4.79 Å². The molecule has 4 rings (SSSR count). The fraction of sp³-hybridized carbons (Fsp3) is 0.950. The van der Waals surface area contributed by atoms with Crippen molar-refractivity contribution in [2.45, 2.75) is 82.2 Å². The minimum atomic E-state index is 0. The molecule has 0 aromatic carbocycles. The van der Waals surface area contributed by atoms with Gasteiger partial charge in [-0.25, -0.2) is 0 Å². The summed E-state index contributed by atoms with van der Waals surface area (Å²) >= 11 is 0. The summed E-state index contributed by atoms with van der Waals surface area (Å²) in [7, 11) is 0. The highest BCUT2D eigenvalue weighted by atomic mass is 35.5. The summed E-state index contributed by atoms with van der Waals surface area (Å²) in [6.45, 7) is 4.87. The van der Waals surface area contributed by atoms with Crippen molar-refractivity contribution in [1.82, 2.24) is 15.1 Å². The van der Waals surface area contributed by atoms with E-state index in [-0.39, 0.29) is 17.9 Å². The first-order valence-corrected chi connectivity index (χ1v) is 10.5. The summed E-state index contributed by atoms with van der Waals surface area (Å²) < 4.78 is 0. The lowest BCUT2D eigenvalue weighted by molar-refractivity contribution is -0.141. The maximum atomic E-state index is 13.2. The number of halogens is 1. The second-order valence-corrected chi connectivity index (χ2v) is 8.72. The third-order valence-corrected chi connectivity index (χ3v) is 7.36. The highest BCUT2D eigenvalue weighted by Gasteiger charge is 2.42. The van der Waals surface area contributed by atoms with Crippen LogP contribution in [0, 0.1) is 5.92 Å². The molecule has 1 N–H and O–H groups in total. The molecule has 0 radical (unpaired) electrons. The van der Waals surface area contributed by atoms with E-state index >= 15 is 0 Å². The van der Waals surface area contributed by atoms with E-state index in [1.54, 1.807) is 0 Å². The van der Waals surface area contributed by atoms with Gasteiger partial charge in [-0.3, -0.25) is 9.69 Å². The van der Waals surface area contributed by atoms with Gasteiger partial charge in [-0.15, -0.1) is 12.4 Å². The van der Waals surface area contributed by atoms with Crippen LogP contribution in [-0.2, 0) is 4.79 Å². The first-order valence-electron chi connectivity index (χ1n) is 10.5. The Morgan fingerprint density at radius 2 is 1.72 bits per heavy atom. The van der Waals surface area contributed by atoms with Crippen molar-refractivity contribution in [2.24, 2.45) is 5.92 Å². The van der Waals surface area contributed by atoms with Crippen molar-refractivity contribution in [3.05, 3.63) is 0 Å². The van der Waals surface area contributed by atoms with Crippen LogP contribution in [-0.4, -0.2) is 60.0 Å². The van der Waals surface area contributed by atoms with Crippen molar-refractivity contribution in [3.8, 4) is 0 Å². The highest BCUT2D eigenvalue weighted by molar-refractivity contribution is 5.85. The van der Waals surface area contributed by atoms with E-state index in [0.29, 0.717) is 18.5 Å². The number of piperazine rings is 1. The van der Waals surface area contributed by atoms with Crippen LogP contribution in [0.3, 0.4) is 0 Å². The zero-order valence-corrected chi connectivity index (χ0v) is 16.5. The molecule has 2 atom stereocenters. The summed E-state index contributed by atoms with van der Waals surface area (Å²) in [4.78, 5) is 18.1. The third kappa shape index (κ3) is 4.01. The van der Waals surface area contributed by atoms with Crippen LogP contribution >= 0.6 is 12.4 Å². The number of carbonyl (C=O) groups excluding carboxylic acids is 1. The molecule has 2 aliphatic carbocycles. The van der Waals surface area contributed by atoms with Gasteiger partial charge in [-0.2, -0.15) is 0 Å².